The van der Waals surface area contributed by atoms with Crippen molar-refractivity contribution in [3.8, 4) is 0 Å². The highest BCUT2D eigenvalue weighted by Gasteiger charge is 2.19. The second kappa shape index (κ2) is 7.27. The molecule has 0 aliphatic rings. The molecule has 0 unspecified atom stereocenters. The van der Waals surface area contributed by atoms with E-state index in [1.165, 1.54) is 12.3 Å². The van der Waals surface area contributed by atoms with Crippen molar-refractivity contribution in [2.24, 2.45) is 0 Å². The van der Waals surface area contributed by atoms with E-state index in [1.54, 1.807) is 0 Å². The summed E-state index contributed by atoms with van der Waals surface area (Å²) in [5.74, 6) is -0.779. The largest absolute Gasteiger partial charge is 0.456 e. The van der Waals surface area contributed by atoms with Crippen LogP contribution in [0.5, 0.6) is 0 Å². The highest BCUT2D eigenvalue weighted by atomic mass is 35.5. The van der Waals surface area contributed by atoms with Crippen LogP contribution in [0.2, 0.25) is 15.1 Å². The zero-order valence-electron chi connectivity index (χ0n) is 13.7. The molecule has 0 fully saturated rings. The van der Waals surface area contributed by atoms with Gasteiger partial charge in [0.15, 0.2) is 5.69 Å². The number of ether oxygens (including phenoxy) is 1. The molecular weight excluding hydrogens is 401 g/mol. The highest BCUT2D eigenvalue weighted by Crippen LogP contribution is 2.31. The molecule has 2 aromatic heterocycles. The third kappa shape index (κ3) is 3.43. The molecule has 0 spiro atoms. The van der Waals surface area contributed by atoms with E-state index in [2.05, 4.69) is 4.98 Å². The Balaban J connectivity index is 1.93. The maximum absolute atomic E-state index is 12.3. The van der Waals surface area contributed by atoms with Crippen LogP contribution >= 0.6 is 34.8 Å². The van der Waals surface area contributed by atoms with Crippen molar-refractivity contribution in [3.05, 3.63) is 72.3 Å². The summed E-state index contributed by atoms with van der Waals surface area (Å²) in [6, 6.07) is 5.00. The quantitative estimate of drug-likeness (QED) is 0.441. The van der Waals surface area contributed by atoms with Gasteiger partial charge in [-0.15, -0.1) is 0 Å². The molecule has 0 radical (unpaired) electrons. The van der Waals surface area contributed by atoms with E-state index in [0.29, 0.717) is 16.5 Å². The molecule has 134 valence electrons. The van der Waals surface area contributed by atoms with Crippen molar-refractivity contribution in [1.29, 1.82) is 0 Å². The lowest BCUT2D eigenvalue weighted by molar-refractivity contribution is 0.0467. The fraction of sp³-hybridized carbons (Fsp3) is 0.167. The van der Waals surface area contributed by atoms with Gasteiger partial charge < -0.3 is 9.15 Å². The summed E-state index contributed by atoms with van der Waals surface area (Å²) in [5.41, 5.74) is 2.14. The average Bonchev–Trinajstić information content (AvgIpc) is 2.61. The van der Waals surface area contributed by atoms with Crippen molar-refractivity contribution < 1.29 is 13.9 Å². The minimum Gasteiger partial charge on any atom is -0.456 e. The van der Waals surface area contributed by atoms with Gasteiger partial charge in [-0.1, -0.05) is 46.9 Å². The summed E-state index contributed by atoms with van der Waals surface area (Å²) < 4.78 is 10.5. The highest BCUT2D eigenvalue weighted by molar-refractivity contribution is 6.48. The van der Waals surface area contributed by atoms with Gasteiger partial charge in [-0.2, -0.15) is 0 Å². The molecule has 0 bridgehead atoms. The number of esters is 1. The van der Waals surface area contributed by atoms with E-state index < -0.39 is 11.6 Å². The maximum atomic E-state index is 12.3. The van der Waals surface area contributed by atoms with Crippen LogP contribution in [0.3, 0.4) is 0 Å². The first-order chi connectivity index (χ1) is 12.3. The molecular formula is C18H12Cl3NO4. The number of nitrogens with zero attached hydrogens (tertiary/aromatic N) is 1. The molecule has 2 heterocycles. The van der Waals surface area contributed by atoms with Gasteiger partial charge in [0.1, 0.15) is 12.2 Å². The Labute approximate surface area is 163 Å². The van der Waals surface area contributed by atoms with Gasteiger partial charge >= 0.3 is 11.6 Å². The fourth-order valence-corrected chi connectivity index (χ4v) is 3.00. The standard InChI is InChI=1S/C18H12Cl3NO4/c1-8-3-4-11-10(5-13(23)26-17(11)9(8)2)7-25-18(24)16-15(21)14(20)12(19)6-22-16/h3-6H,7H2,1-2H3. The van der Waals surface area contributed by atoms with Crippen LogP contribution in [0.1, 0.15) is 27.2 Å². The third-order valence-electron chi connectivity index (χ3n) is 3.99. The summed E-state index contributed by atoms with van der Waals surface area (Å²) >= 11 is 17.7. The lowest BCUT2D eigenvalue weighted by atomic mass is 10.0. The number of aromatic nitrogens is 1. The molecule has 26 heavy (non-hydrogen) atoms. The number of rotatable bonds is 3. The number of hydrogen-bond donors (Lipinski definition) is 0. The first-order valence-corrected chi connectivity index (χ1v) is 8.62. The van der Waals surface area contributed by atoms with Crippen LogP contribution in [0, 0.1) is 13.8 Å². The second-order valence-electron chi connectivity index (χ2n) is 5.63. The molecule has 8 heteroatoms. The Morgan fingerprint density at radius 2 is 1.92 bits per heavy atom. The predicted octanol–water partition coefficient (Wildman–Crippen LogP) is 5.12. The Hall–Kier alpha value is -2.08. The minimum absolute atomic E-state index is 0.0205. The van der Waals surface area contributed by atoms with Gasteiger partial charge in [0, 0.05) is 23.2 Å². The van der Waals surface area contributed by atoms with Crippen LogP contribution < -0.4 is 5.63 Å². The molecule has 0 aliphatic heterocycles. The maximum Gasteiger partial charge on any atom is 0.358 e. The zero-order valence-corrected chi connectivity index (χ0v) is 16.0. The molecule has 3 aromatic rings. The SMILES string of the molecule is Cc1ccc2c(COC(=O)c3ncc(Cl)c(Cl)c3Cl)cc(=O)oc2c1C. The molecule has 3 rings (SSSR count). The molecule has 0 amide bonds. The first kappa shape index (κ1) is 18.7. The normalized spacial score (nSPS) is 11.0. The van der Waals surface area contributed by atoms with Crippen LogP contribution in [0.15, 0.2) is 33.6 Å². The summed E-state index contributed by atoms with van der Waals surface area (Å²) in [5, 5.41) is 0.750. The van der Waals surface area contributed by atoms with Crippen molar-refractivity contribution in [1.82, 2.24) is 4.98 Å². The third-order valence-corrected chi connectivity index (χ3v) is 5.23. The van der Waals surface area contributed by atoms with Crippen LogP contribution in [0.25, 0.3) is 11.0 Å². The van der Waals surface area contributed by atoms with E-state index >= 15 is 0 Å². The topological polar surface area (TPSA) is 69.4 Å². The second-order valence-corrected chi connectivity index (χ2v) is 6.80. The smallest absolute Gasteiger partial charge is 0.358 e. The number of fused-ring (bicyclic) bond motifs is 1. The van der Waals surface area contributed by atoms with Gasteiger partial charge in [0.05, 0.1) is 15.1 Å². The number of carbonyl (C=O) groups excluding carboxylic acids is 1. The van der Waals surface area contributed by atoms with E-state index in [9.17, 15) is 9.59 Å². The van der Waals surface area contributed by atoms with E-state index in [0.717, 1.165) is 11.1 Å². The minimum atomic E-state index is -0.779. The van der Waals surface area contributed by atoms with Gasteiger partial charge in [-0.25, -0.2) is 14.6 Å². The summed E-state index contributed by atoms with van der Waals surface area (Å²) in [6.45, 7) is 3.62. The van der Waals surface area contributed by atoms with E-state index in [-0.39, 0.29) is 27.4 Å². The number of pyridine rings is 1. The van der Waals surface area contributed by atoms with Gasteiger partial charge in [0.2, 0.25) is 0 Å². The Bertz CT molecular complexity index is 1090. The van der Waals surface area contributed by atoms with Crippen LogP contribution in [0.4, 0.5) is 0 Å². The lowest BCUT2D eigenvalue weighted by Crippen LogP contribution is -2.10. The van der Waals surface area contributed by atoms with Crippen molar-refractivity contribution in [2.75, 3.05) is 0 Å². The number of benzene rings is 1. The zero-order chi connectivity index (χ0) is 19.0. The molecule has 5 nitrogen and oxygen atoms in total. The monoisotopic (exact) mass is 411 g/mol. The van der Waals surface area contributed by atoms with Crippen molar-refractivity contribution in [2.45, 2.75) is 20.5 Å². The van der Waals surface area contributed by atoms with Crippen LogP contribution in [-0.4, -0.2) is 11.0 Å². The van der Waals surface area contributed by atoms with Gasteiger partial charge in [-0.05, 0) is 25.0 Å². The predicted molar refractivity (Wildman–Crippen MR) is 100 cm³/mol. The number of hydrogen-bond acceptors (Lipinski definition) is 5. The molecule has 1 aromatic carbocycles. The number of halogens is 3. The summed E-state index contributed by atoms with van der Waals surface area (Å²) in [7, 11) is 0. The lowest BCUT2D eigenvalue weighted by Gasteiger charge is -2.10. The Morgan fingerprint density at radius 1 is 1.19 bits per heavy atom. The van der Waals surface area contributed by atoms with Gasteiger partial charge in [0.25, 0.3) is 0 Å². The molecule has 0 saturated heterocycles. The summed E-state index contributed by atoms with van der Waals surface area (Å²) in [6.07, 6.45) is 1.21. The fourth-order valence-electron chi connectivity index (χ4n) is 2.44. The van der Waals surface area contributed by atoms with Crippen LogP contribution in [-0.2, 0) is 11.3 Å². The van der Waals surface area contributed by atoms with E-state index in [1.807, 2.05) is 26.0 Å². The first-order valence-electron chi connectivity index (χ1n) is 7.49. The summed E-state index contributed by atoms with van der Waals surface area (Å²) in [4.78, 5) is 28.0. The number of carbonyl (C=O) groups is 1. The Morgan fingerprint density at radius 3 is 2.65 bits per heavy atom. The number of aryl methyl sites for hydroxylation is 2. The van der Waals surface area contributed by atoms with Gasteiger partial charge in [-0.3, -0.25) is 0 Å². The molecule has 0 aliphatic carbocycles. The van der Waals surface area contributed by atoms with Crippen molar-refractivity contribution in [3.63, 3.8) is 0 Å². The molecule has 0 atom stereocenters. The van der Waals surface area contributed by atoms with Crippen molar-refractivity contribution >= 4 is 51.7 Å². The average molecular weight is 413 g/mol. The molecule has 0 N–H and O–H groups in total. The Kier molecular flexibility index (Phi) is 5.23. The van der Waals surface area contributed by atoms with E-state index in [4.69, 9.17) is 44.0 Å². The molecule has 0 saturated carbocycles.